The SMILES string of the molecule is CCNC(C)c1ccccc1OCCCOC. The van der Waals surface area contributed by atoms with Crippen LogP contribution in [-0.2, 0) is 4.74 Å². The Morgan fingerprint density at radius 2 is 2.00 bits per heavy atom. The molecule has 0 amide bonds. The minimum Gasteiger partial charge on any atom is -0.493 e. The summed E-state index contributed by atoms with van der Waals surface area (Å²) in [4.78, 5) is 0. The van der Waals surface area contributed by atoms with Gasteiger partial charge in [-0.05, 0) is 19.5 Å². The lowest BCUT2D eigenvalue weighted by Gasteiger charge is -2.17. The van der Waals surface area contributed by atoms with Crippen molar-refractivity contribution in [2.75, 3.05) is 26.9 Å². The van der Waals surface area contributed by atoms with Crippen LogP contribution in [0.15, 0.2) is 24.3 Å². The number of hydrogen-bond acceptors (Lipinski definition) is 3. The maximum Gasteiger partial charge on any atom is 0.124 e. The molecule has 1 rings (SSSR count). The van der Waals surface area contributed by atoms with E-state index in [1.54, 1.807) is 7.11 Å². The van der Waals surface area contributed by atoms with Gasteiger partial charge in [-0.25, -0.2) is 0 Å². The Balaban J connectivity index is 2.57. The van der Waals surface area contributed by atoms with Crippen molar-refractivity contribution < 1.29 is 9.47 Å². The molecule has 0 aliphatic rings. The van der Waals surface area contributed by atoms with E-state index in [1.165, 1.54) is 5.56 Å². The fraction of sp³-hybridized carbons (Fsp3) is 0.571. The van der Waals surface area contributed by atoms with Crippen molar-refractivity contribution in [2.45, 2.75) is 26.3 Å². The van der Waals surface area contributed by atoms with E-state index >= 15 is 0 Å². The molecule has 0 radical (unpaired) electrons. The second-order valence-electron chi connectivity index (χ2n) is 4.01. The summed E-state index contributed by atoms with van der Waals surface area (Å²) in [6.07, 6.45) is 0.917. The minimum atomic E-state index is 0.318. The van der Waals surface area contributed by atoms with Crippen molar-refractivity contribution in [1.29, 1.82) is 0 Å². The third-order valence-corrected chi connectivity index (χ3v) is 2.65. The van der Waals surface area contributed by atoms with Gasteiger partial charge >= 0.3 is 0 Å². The van der Waals surface area contributed by atoms with E-state index in [-0.39, 0.29) is 0 Å². The maximum atomic E-state index is 5.79. The molecular weight excluding hydrogens is 214 g/mol. The molecule has 17 heavy (non-hydrogen) atoms. The maximum absolute atomic E-state index is 5.79. The Morgan fingerprint density at radius 1 is 1.24 bits per heavy atom. The predicted octanol–water partition coefficient (Wildman–Crippen LogP) is 2.77. The lowest BCUT2D eigenvalue weighted by molar-refractivity contribution is 0.171. The molecule has 96 valence electrons. The number of nitrogens with one attached hydrogen (secondary N) is 1. The summed E-state index contributed by atoms with van der Waals surface area (Å²) in [5.41, 5.74) is 1.21. The van der Waals surface area contributed by atoms with Gasteiger partial charge in [0.15, 0.2) is 0 Å². The molecule has 1 aromatic rings. The first kappa shape index (κ1) is 14.0. The van der Waals surface area contributed by atoms with Crippen molar-refractivity contribution in [3.63, 3.8) is 0 Å². The molecule has 0 bridgehead atoms. The van der Waals surface area contributed by atoms with Gasteiger partial charge in [-0.15, -0.1) is 0 Å². The van der Waals surface area contributed by atoms with Gasteiger partial charge in [0, 0.05) is 31.7 Å². The quantitative estimate of drug-likeness (QED) is 0.705. The predicted molar refractivity (Wildman–Crippen MR) is 70.5 cm³/mol. The smallest absolute Gasteiger partial charge is 0.124 e. The largest absolute Gasteiger partial charge is 0.493 e. The Bertz CT molecular complexity index is 315. The van der Waals surface area contributed by atoms with E-state index in [1.807, 2.05) is 18.2 Å². The molecule has 1 atom stereocenters. The van der Waals surface area contributed by atoms with Gasteiger partial charge in [-0.1, -0.05) is 25.1 Å². The second-order valence-corrected chi connectivity index (χ2v) is 4.01. The highest BCUT2D eigenvalue weighted by molar-refractivity contribution is 5.35. The third-order valence-electron chi connectivity index (χ3n) is 2.65. The molecule has 0 aliphatic heterocycles. The summed E-state index contributed by atoms with van der Waals surface area (Å²) in [6, 6.07) is 8.51. The molecule has 0 aliphatic carbocycles. The summed E-state index contributed by atoms with van der Waals surface area (Å²) >= 11 is 0. The van der Waals surface area contributed by atoms with Crippen molar-refractivity contribution in [3.8, 4) is 5.75 Å². The van der Waals surface area contributed by atoms with Crippen LogP contribution in [0.3, 0.4) is 0 Å². The van der Waals surface area contributed by atoms with E-state index < -0.39 is 0 Å². The van der Waals surface area contributed by atoms with Gasteiger partial charge in [0.05, 0.1) is 6.61 Å². The molecule has 1 aromatic carbocycles. The lowest BCUT2D eigenvalue weighted by Crippen LogP contribution is -2.18. The molecular formula is C14H23NO2. The van der Waals surface area contributed by atoms with E-state index in [9.17, 15) is 0 Å². The zero-order valence-corrected chi connectivity index (χ0v) is 11.0. The van der Waals surface area contributed by atoms with E-state index in [0.717, 1.165) is 25.3 Å². The molecule has 0 saturated carbocycles. The van der Waals surface area contributed by atoms with Crippen LogP contribution in [-0.4, -0.2) is 26.9 Å². The Kier molecular flexibility index (Phi) is 6.67. The van der Waals surface area contributed by atoms with Gasteiger partial charge in [-0.3, -0.25) is 0 Å². The van der Waals surface area contributed by atoms with Crippen molar-refractivity contribution in [2.24, 2.45) is 0 Å². The van der Waals surface area contributed by atoms with Crippen molar-refractivity contribution in [3.05, 3.63) is 29.8 Å². The molecule has 1 unspecified atom stereocenters. The standard InChI is InChI=1S/C14H23NO2/c1-4-15-12(2)13-8-5-6-9-14(13)17-11-7-10-16-3/h5-6,8-9,12,15H,4,7,10-11H2,1-3H3. The number of para-hydroxylation sites is 1. The number of ether oxygens (including phenoxy) is 2. The number of hydrogen-bond donors (Lipinski definition) is 1. The van der Waals surface area contributed by atoms with Crippen LogP contribution >= 0.6 is 0 Å². The summed E-state index contributed by atoms with van der Waals surface area (Å²) in [6.45, 7) is 6.66. The molecule has 0 saturated heterocycles. The van der Waals surface area contributed by atoms with Gasteiger partial charge in [0.25, 0.3) is 0 Å². The first-order valence-electron chi connectivity index (χ1n) is 6.23. The molecule has 0 spiro atoms. The van der Waals surface area contributed by atoms with Crippen LogP contribution in [0, 0.1) is 0 Å². The fourth-order valence-corrected chi connectivity index (χ4v) is 1.77. The highest BCUT2D eigenvalue weighted by Crippen LogP contribution is 2.24. The molecule has 3 heteroatoms. The van der Waals surface area contributed by atoms with Gasteiger partial charge in [-0.2, -0.15) is 0 Å². The normalized spacial score (nSPS) is 12.4. The molecule has 0 fully saturated rings. The lowest BCUT2D eigenvalue weighted by atomic mass is 10.1. The summed E-state index contributed by atoms with van der Waals surface area (Å²) in [5, 5.41) is 3.40. The first-order valence-corrected chi connectivity index (χ1v) is 6.23. The number of benzene rings is 1. The van der Waals surface area contributed by atoms with E-state index in [2.05, 4.69) is 25.2 Å². The summed E-state index contributed by atoms with van der Waals surface area (Å²) < 4.78 is 10.8. The second kappa shape index (κ2) is 8.09. The van der Waals surface area contributed by atoms with Gasteiger partial charge in [0.2, 0.25) is 0 Å². The van der Waals surface area contributed by atoms with E-state index in [0.29, 0.717) is 12.6 Å². The Hall–Kier alpha value is -1.06. The average molecular weight is 237 g/mol. The zero-order chi connectivity index (χ0) is 12.5. The first-order chi connectivity index (χ1) is 8.29. The molecule has 0 aromatic heterocycles. The Labute approximate surface area is 104 Å². The Morgan fingerprint density at radius 3 is 2.71 bits per heavy atom. The summed E-state index contributed by atoms with van der Waals surface area (Å²) in [5.74, 6) is 0.969. The van der Waals surface area contributed by atoms with Crippen molar-refractivity contribution >= 4 is 0 Å². The third kappa shape index (κ3) is 4.75. The van der Waals surface area contributed by atoms with Crippen LogP contribution in [0.2, 0.25) is 0 Å². The molecule has 1 N–H and O–H groups in total. The van der Waals surface area contributed by atoms with Crippen molar-refractivity contribution in [1.82, 2.24) is 5.32 Å². The average Bonchev–Trinajstić information content (AvgIpc) is 2.35. The van der Waals surface area contributed by atoms with Gasteiger partial charge < -0.3 is 14.8 Å². The number of methoxy groups -OCH3 is 1. The highest BCUT2D eigenvalue weighted by Gasteiger charge is 2.09. The molecule has 3 nitrogen and oxygen atoms in total. The fourth-order valence-electron chi connectivity index (χ4n) is 1.77. The minimum absolute atomic E-state index is 0.318. The highest BCUT2D eigenvalue weighted by atomic mass is 16.5. The van der Waals surface area contributed by atoms with Gasteiger partial charge in [0.1, 0.15) is 5.75 Å². The van der Waals surface area contributed by atoms with Crippen LogP contribution in [0.4, 0.5) is 0 Å². The zero-order valence-electron chi connectivity index (χ0n) is 11.0. The van der Waals surface area contributed by atoms with Crippen LogP contribution in [0.5, 0.6) is 5.75 Å². The van der Waals surface area contributed by atoms with E-state index in [4.69, 9.17) is 9.47 Å². The van der Waals surface area contributed by atoms with Crippen LogP contribution in [0.1, 0.15) is 31.9 Å². The molecule has 0 heterocycles. The summed E-state index contributed by atoms with van der Waals surface area (Å²) in [7, 11) is 1.71. The topological polar surface area (TPSA) is 30.5 Å². The monoisotopic (exact) mass is 237 g/mol. The van der Waals surface area contributed by atoms with Crippen LogP contribution in [0.25, 0.3) is 0 Å². The number of rotatable bonds is 8. The van der Waals surface area contributed by atoms with Crippen LogP contribution < -0.4 is 10.1 Å².